The Morgan fingerprint density at radius 2 is 2.21 bits per heavy atom. The summed E-state index contributed by atoms with van der Waals surface area (Å²) in [5, 5.41) is -0.529. The Bertz CT molecular complexity index is 407. The number of thiophene rings is 1. The third-order valence-corrected chi connectivity index (χ3v) is 5.65. The van der Waals surface area contributed by atoms with Crippen molar-refractivity contribution in [1.82, 2.24) is 0 Å². The molecule has 1 heterocycles. The van der Waals surface area contributed by atoms with Gasteiger partial charge in [-0.2, -0.15) is 0 Å². The number of hydrogen-bond acceptors (Lipinski definition) is 3. The van der Waals surface area contributed by atoms with Gasteiger partial charge >= 0.3 is 0 Å². The first-order valence-electron chi connectivity index (χ1n) is 3.56. The maximum Gasteiger partial charge on any atom is 0.149 e. The van der Waals surface area contributed by atoms with Crippen molar-refractivity contribution in [3.05, 3.63) is 19.8 Å². The summed E-state index contributed by atoms with van der Waals surface area (Å²) in [4.78, 5) is 0.758. The van der Waals surface area contributed by atoms with Crippen LogP contribution < -0.4 is 0 Å². The first-order valence-corrected chi connectivity index (χ1v) is 8.04. The van der Waals surface area contributed by atoms with Crippen LogP contribution in [-0.4, -0.2) is 20.4 Å². The van der Waals surface area contributed by atoms with Crippen molar-refractivity contribution < 1.29 is 8.42 Å². The molecule has 1 aromatic rings. The monoisotopic (exact) mass is 336 g/mol. The lowest BCUT2D eigenvalue weighted by atomic mass is 10.4. The van der Waals surface area contributed by atoms with Gasteiger partial charge in [0.15, 0.2) is 0 Å². The summed E-state index contributed by atoms with van der Waals surface area (Å²) in [6, 6.07) is 1.75. The maximum absolute atomic E-state index is 11.0. The lowest BCUT2D eigenvalue weighted by Gasteiger charge is -2.03. The molecule has 14 heavy (non-hydrogen) atoms. The van der Waals surface area contributed by atoms with E-state index >= 15 is 0 Å². The van der Waals surface area contributed by atoms with E-state index in [1.54, 1.807) is 6.07 Å². The fourth-order valence-electron chi connectivity index (χ4n) is 0.866. The summed E-state index contributed by atoms with van der Waals surface area (Å²) in [5.74, 6) is -0.0716. The van der Waals surface area contributed by atoms with Gasteiger partial charge in [-0.25, -0.2) is 8.42 Å². The third kappa shape index (κ3) is 3.70. The van der Waals surface area contributed by atoms with Crippen LogP contribution in [0.15, 0.2) is 10.5 Å². The van der Waals surface area contributed by atoms with Gasteiger partial charge in [-0.15, -0.1) is 22.9 Å². The molecule has 1 rings (SSSR count). The van der Waals surface area contributed by atoms with Crippen LogP contribution >= 0.6 is 50.5 Å². The van der Waals surface area contributed by atoms with Crippen LogP contribution in [0.2, 0.25) is 4.34 Å². The minimum Gasteiger partial charge on any atom is -0.229 e. The van der Waals surface area contributed by atoms with Crippen molar-refractivity contribution in [2.75, 3.05) is 12.0 Å². The molecule has 1 unspecified atom stereocenters. The van der Waals surface area contributed by atoms with Gasteiger partial charge in [0.1, 0.15) is 14.2 Å². The van der Waals surface area contributed by atoms with Crippen LogP contribution in [0, 0.1) is 0 Å². The molecule has 2 nitrogen and oxygen atoms in total. The largest absolute Gasteiger partial charge is 0.229 e. The van der Waals surface area contributed by atoms with Crippen molar-refractivity contribution in [1.29, 1.82) is 0 Å². The molecule has 0 aliphatic rings. The molecular formula is C7H7BrCl2O2S2. The molecule has 80 valence electrons. The van der Waals surface area contributed by atoms with Crippen LogP contribution in [0.1, 0.15) is 10.3 Å². The SMILES string of the molecule is CS(=O)(=O)CC(Cl)c1cc(Br)c(Cl)s1. The van der Waals surface area contributed by atoms with E-state index in [0.717, 1.165) is 15.6 Å². The predicted molar refractivity (Wildman–Crippen MR) is 65.3 cm³/mol. The highest BCUT2D eigenvalue weighted by Gasteiger charge is 2.18. The Labute approximate surface area is 105 Å². The van der Waals surface area contributed by atoms with Crippen molar-refractivity contribution in [2.45, 2.75) is 5.38 Å². The smallest absolute Gasteiger partial charge is 0.149 e. The van der Waals surface area contributed by atoms with Crippen molar-refractivity contribution in [3.8, 4) is 0 Å². The minimum atomic E-state index is -3.06. The van der Waals surface area contributed by atoms with E-state index in [1.165, 1.54) is 11.3 Å². The van der Waals surface area contributed by atoms with Gasteiger partial charge in [-0.3, -0.25) is 0 Å². The minimum absolute atomic E-state index is 0.0716. The summed E-state index contributed by atoms with van der Waals surface area (Å²) in [6.07, 6.45) is 1.16. The van der Waals surface area contributed by atoms with Crippen molar-refractivity contribution >= 4 is 60.3 Å². The average Bonchev–Trinajstić information content (AvgIpc) is 2.28. The number of alkyl halides is 1. The van der Waals surface area contributed by atoms with Gasteiger partial charge in [0.25, 0.3) is 0 Å². The molecule has 0 aromatic carbocycles. The highest BCUT2D eigenvalue weighted by Crippen LogP contribution is 2.37. The standard InChI is InChI=1S/C7H7BrCl2O2S2/c1-14(11,12)3-5(9)6-2-4(8)7(10)13-6/h2,5H,3H2,1H3. The molecule has 0 amide bonds. The predicted octanol–water partition coefficient (Wildman–Crippen LogP) is 3.49. The quantitative estimate of drug-likeness (QED) is 0.791. The van der Waals surface area contributed by atoms with E-state index in [-0.39, 0.29) is 5.75 Å². The third-order valence-electron chi connectivity index (χ3n) is 1.42. The van der Waals surface area contributed by atoms with Crippen LogP contribution in [0.4, 0.5) is 0 Å². The van der Waals surface area contributed by atoms with E-state index in [1.807, 2.05) is 0 Å². The summed E-state index contributed by atoms with van der Waals surface area (Å²) in [7, 11) is -3.06. The fraction of sp³-hybridized carbons (Fsp3) is 0.429. The summed E-state index contributed by atoms with van der Waals surface area (Å²) >= 11 is 16.3. The zero-order chi connectivity index (χ0) is 10.9. The molecule has 0 N–H and O–H groups in total. The Morgan fingerprint density at radius 1 is 1.64 bits per heavy atom. The zero-order valence-electron chi connectivity index (χ0n) is 7.13. The lowest BCUT2D eigenvalue weighted by Crippen LogP contribution is -2.07. The van der Waals surface area contributed by atoms with Crippen LogP contribution in [0.3, 0.4) is 0 Å². The van der Waals surface area contributed by atoms with Crippen molar-refractivity contribution in [2.24, 2.45) is 0 Å². The van der Waals surface area contributed by atoms with Gasteiger partial charge in [0.2, 0.25) is 0 Å². The topological polar surface area (TPSA) is 34.1 Å². The molecule has 0 saturated carbocycles. The highest BCUT2D eigenvalue weighted by molar-refractivity contribution is 9.10. The molecule has 0 saturated heterocycles. The first kappa shape index (κ1) is 12.8. The van der Waals surface area contributed by atoms with Gasteiger partial charge in [-0.1, -0.05) is 11.6 Å². The van der Waals surface area contributed by atoms with Gasteiger partial charge in [0.05, 0.1) is 11.1 Å². The normalized spacial score (nSPS) is 14.3. The molecule has 1 aromatic heterocycles. The van der Waals surface area contributed by atoms with Gasteiger partial charge in [-0.05, 0) is 22.0 Å². The molecule has 0 aliphatic carbocycles. The average molecular weight is 338 g/mol. The summed E-state index contributed by atoms with van der Waals surface area (Å²) < 4.78 is 23.3. The van der Waals surface area contributed by atoms with Crippen LogP contribution in [0.25, 0.3) is 0 Å². The second-order valence-electron chi connectivity index (χ2n) is 2.83. The molecule has 0 radical (unpaired) electrons. The number of sulfone groups is 1. The van der Waals surface area contributed by atoms with Crippen LogP contribution in [-0.2, 0) is 9.84 Å². The summed E-state index contributed by atoms with van der Waals surface area (Å²) in [5.41, 5.74) is 0. The molecule has 0 fully saturated rings. The lowest BCUT2D eigenvalue weighted by molar-refractivity contribution is 0.600. The Kier molecular flexibility index (Phi) is 4.29. The van der Waals surface area contributed by atoms with Gasteiger partial charge in [0, 0.05) is 15.6 Å². The Morgan fingerprint density at radius 3 is 2.57 bits per heavy atom. The first-order chi connectivity index (χ1) is 6.29. The second-order valence-corrected chi connectivity index (χ2v) is 8.08. The van der Waals surface area contributed by atoms with E-state index < -0.39 is 15.2 Å². The van der Waals surface area contributed by atoms with E-state index in [4.69, 9.17) is 23.2 Å². The maximum atomic E-state index is 11.0. The number of rotatable bonds is 3. The molecule has 0 aliphatic heterocycles. The summed E-state index contributed by atoms with van der Waals surface area (Å²) in [6.45, 7) is 0. The van der Waals surface area contributed by atoms with E-state index in [9.17, 15) is 8.42 Å². The molecule has 1 atom stereocenters. The Hall–Kier alpha value is 0.710. The van der Waals surface area contributed by atoms with Crippen molar-refractivity contribution in [3.63, 3.8) is 0 Å². The Balaban J connectivity index is 2.85. The fourth-order valence-corrected chi connectivity index (χ4v) is 4.28. The number of halogens is 3. The van der Waals surface area contributed by atoms with E-state index in [0.29, 0.717) is 4.34 Å². The molecular weight excluding hydrogens is 331 g/mol. The molecule has 0 spiro atoms. The zero-order valence-corrected chi connectivity index (χ0v) is 11.9. The molecule has 0 bridgehead atoms. The number of hydrogen-bond donors (Lipinski definition) is 0. The van der Waals surface area contributed by atoms with Gasteiger partial charge < -0.3 is 0 Å². The van der Waals surface area contributed by atoms with Crippen LogP contribution in [0.5, 0.6) is 0 Å². The van der Waals surface area contributed by atoms with E-state index in [2.05, 4.69) is 15.9 Å². The molecule has 7 heteroatoms. The highest BCUT2D eigenvalue weighted by atomic mass is 79.9. The second kappa shape index (κ2) is 4.70.